The maximum absolute atomic E-state index is 12.3. The molecule has 6 heteroatoms. The molecule has 0 saturated heterocycles. The first-order chi connectivity index (χ1) is 12.6. The Hall–Kier alpha value is -2.86. The van der Waals surface area contributed by atoms with E-state index in [-0.39, 0.29) is 18.4 Å². The van der Waals surface area contributed by atoms with E-state index in [1.54, 1.807) is 0 Å². The molecule has 2 aromatic rings. The van der Waals surface area contributed by atoms with Gasteiger partial charge in [0.2, 0.25) is 0 Å². The lowest BCUT2D eigenvalue weighted by Crippen LogP contribution is -2.53. The molecule has 138 valence electrons. The van der Waals surface area contributed by atoms with Gasteiger partial charge in [-0.15, -0.1) is 0 Å². The molecule has 6 nitrogen and oxygen atoms in total. The molecule has 0 fully saturated rings. The van der Waals surface area contributed by atoms with Gasteiger partial charge in [0.1, 0.15) is 12.6 Å². The van der Waals surface area contributed by atoms with Crippen LogP contribution in [0.4, 0.5) is 4.79 Å². The Balaban J connectivity index is 1.79. The van der Waals surface area contributed by atoms with Crippen molar-refractivity contribution in [1.29, 1.82) is 0 Å². The zero-order valence-electron chi connectivity index (χ0n) is 15.1. The molecule has 0 aliphatic rings. The van der Waals surface area contributed by atoms with Crippen LogP contribution in [0.2, 0.25) is 0 Å². The van der Waals surface area contributed by atoms with Crippen molar-refractivity contribution in [3.63, 3.8) is 0 Å². The Morgan fingerprint density at radius 1 is 0.923 bits per heavy atom. The topological polar surface area (TPSA) is 79.5 Å². The maximum atomic E-state index is 12.3. The fraction of sp³-hybridized carbons (Fsp3) is 0.300. The fourth-order valence-corrected chi connectivity index (χ4v) is 2.33. The Morgan fingerprint density at radius 3 is 2.08 bits per heavy atom. The molecular formula is C20H25N3O3. The van der Waals surface area contributed by atoms with Gasteiger partial charge < -0.3 is 10.1 Å². The third-order valence-corrected chi connectivity index (χ3v) is 3.78. The molecule has 26 heavy (non-hydrogen) atoms. The summed E-state index contributed by atoms with van der Waals surface area (Å²) >= 11 is 0. The number of hydrogen-bond acceptors (Lipinski definition) is 4. The summed E-state index contributed by atoms with van der Waals surface area (Å²) in [6.45, 7) is 4.37. The second-order valence-corrected chi connectivity index (χ2v) is 6.26. The summed E-state index contributed by atoms with van der Waals surface area (Å²) in [7, 11) is 0. The van der Waals surface area contributed by atoms with Gasteiger partial charge >= 0.3 is 6.09 Å². The van der Waals surface area contributed by atoms with E-state index in [1.165, 1.54) is 0 Å². The number of hydrazine groups is 1. The van der Waals surface area contributed by atoms with E-state index >= 15 is 0 Å². The average Bonchev–Trinajstić information content (AvgIpc) is 2.65. The highest BCUT2D eigenvalue weighted by atomic mass is 16.5. The van der Waals surface area contributed by atoms with Crippen LogP contribution in [-0.4, -0.2) is 18.0 Å². The van der Waals surface area contributed by atoms with Crippen LogP contribution in [-0.2, 0) is 22.7 Å². The molecule has 0 heterocycles. The van der Waals surface area contributed by atoms with Crippen molar-refractivity contribution in [2.45, 2.75) is 33.0 Å². The smallest absolute Gasteiger partial charge is 0.408 e. The molecule has 1 atom stereocenters. The maximum Gasteiger partial charge on any atom is 0.408 e. The Morgan fingerprint density at radius 2 is 1.50 bits per heavy atom. The van der Waals surface area contributed by atoms with E-state index in [4.69, 9.17) is 4.74 Å². The standard InChI is InChI=1S/C20H25N3O3/c1-15(2)18(19(24)23-21-13-16-9-5-3-6-10-16)22-20(25)26-14-17-11-7-4-8-12-17/h3-12,15,18,21H,13-14H2,1-2H3,(H,22,25)(H,23,24)/t18-/m0/s1. The SMILES string of the molecule is CC(C)[C@H](NC(=O)OCc1ccccc1)C(=O)NNCc1ccccc1. The average molecular weight is 355 g/mol. The van der Waals surface area contributed by atoms with Crippen molar-refractivity contribution in [1.82, 2.24) is 16.2 Å². The highest BCUT2D eigenvalue weighted by Gasteiger charge is 2.24. The van der Waals surface area contributed by atoms with Crippen LogP contribution in [0.5, 0.6) is 0 Å². The third kappa shape index (κ3) is 6.57. The summed E-state index contributed by atoms with van der Waals surface area (Å²) in [4.78, 5) is 24.3. The molecule has 0 aliphatic heterocycles. The zero-order chi connectivity index (χ0) is 18.8. The van der Waals surface area contributed by atoms with Crippen molar-refractivity contribution in [3.8, 4) is 0 Å². The van der Waals surface area contributed by atoms with Gasteiger partial charge in [0, 0.05) is 6.54 Å². The molecule has 2 aromatic carbocycles. The lowest BCUT2D eigenvalue weighted by Gasteiger charge is -2.21. The van der Waals surface area contributed by atoms with Crippen LogP contribution in [0, 0.1) is 5.92 Å². The number of hydrogen-bond donors (Lipinski definition) is 3. The lowest BCUT2D eigenvalue weighted by molar-refractivity contribution is -0.125. The summed E-state index contributed by atoms with van der Waals surface area (Å²) in [5, 5.41) is 2.62. The van der Waals surface area contributed by atoms with Gasteiger partial charge in [-0.3, -0.25) is 10.2 Å². The second-order valence-electron chi connectivity index (χ2n) is 6.26. The predicted octanol–water partition coefficient (Wildman–Crippen LogP) is 2.76. The summed E-state index contributed by atoms with van der Waals surface area (Å²) in [6.07, 6.45) is -0.620. The first-order valence-electron chi connectivity index (χ1n) is 8.60. The Labute approximate surface area is 153 Å². The van der Waals surface area contributed by atoms with Crippen LogP contribution in [0.15, 0.2) is 60.7 Å². The van der Waals surface area contributed by atoms with E-state index in [0.29, 0.717) is 6.54 Å². The molecule has 0 bridgehead atoms. The molecule has 0 saturated carbocycles. The number of ether oxygens (including phenoxy) is 1. The van der Waals surface area contributed by atoms with Crippen LogP contribution in [0.25, 0.3) is 0 Å². The van der Waals surface area contributed by atoms with Crippen molar-refractivity contribution < 1.29 is 14.3 Å². The molecule has 2 rings (SSSR count). The minimum absolute atomic E-state index is 0.0854. The molecule has 0 radical (unpaired) electrons. The zero-order valence-corrected chi connectivity index (χ0v) is 15.1. The van der Waals surface area contributed by atoms with Crippen molar-refractivity contribution in [2.75, 3.05) is 0 Å². The highest BCUT2D eigenvalue weighted by molar-refractivity contribution is 5.85. The molecule has 0 spiro atoms. The van der Waals surface area contributed by atoms with E-state index in [2.05, 4.69) is 16.2 Å². The normalized spacial score (nSPS) is 11.7. The number of carbonyl (C=O) groups is 2. The second kappa shape index (κ2) is 10.2. The first kappa shape index (κ1) is 19.5. The minimum Gasteiger partial charge on any atom is -0.445 e. The molecule has 3 N–H and O–H groups in total. The monoisotopic (exact) mass is 355 g/mol. The quantitative estimate of drug-likeness (QED) is 0.636. The molecular weight excluding hydrogens is 330 g/mol. The van der Waals surface area contributed by atoms with Crippen molar-refractivity contribution >= 4 is 12.0 Å². The van der Waals surface area contributed by atoms with E-state index in [1.807, 2.05) is 74.5 Å². The molecule has 0 aromatic heterocycles. The van der Waals surface area contributed by atoms with Crippen LogP contribution >= 0.6 is 0 Å². The Kier molecular flexibility index (Phi) is 7.64. The molecule has 0 unspecified atom stereocenters. The summed E-state index contributed by atoms with van der Waals surface area (Å²) < 4.78 is 5.18. The van der Waals surface area contributed by atoms with Crippen molar-refractivity contribution in [3.05, 3.63) is 71.8 Å². The summed E-state index contributed by atoms with van der Waals surface area (Å²) in [5.41, 5.74) is 7.44. The summed E-state index contributed by atoms with van der Waals surface area (Å²) in [6, 6.07) is 18.4. The number of amides is 2. The highest BCUT2D eigenvalue weighted by Crippen LogP contribution is 2.04. The van der Waals surface area contributed by atoms with Crippen LogP contribution < -0.4 is 16.2 Å². The van der Waals surface area contributed by atoms with Crippen LogP contribution in [0.1, 0.15) is 25.0 Å². The number of rotatable bonds is 8. The molecule has 2 amide bonds. The third-order valence-electron chi connectivity index (χ3n) is 3.78. The van der Waals surface area contributed by atoms with Gasteiger partial charge in [-0.25, -0.2) is 10.2 Å². The van der Waals surface area contributed by atoms with E-state index in [9.17, 15) is 9.59 Å². The van der Waals surface area contributed by atoms with Gasteiger partial charge in [0.05, 0.1) is 0 Å². The van der Waals surface area contributed by atoms with Gasteiger partial charge in [0.15, 0.2) is 0 Å². The van der Waals surface area contributed by atoms with E-state index < -0.39 is 12.1 Å². The van der Waals surface area contributed by atoms with E-state index in [0.717, 1.165) is 11.1 Å². The number of benzene rings is 2. The van der Waals surface area contributed by atoms with Crippen LogP contribution in [0.3, 0.4) is 0 Å². The Bertz CT molecular complexity index is 690. The van der Waals surface area contributed by atoms with Gasteiger partial charge in [-0.2, -0.15) is 0 Å². The minimum atomic E-state index is -0.693. The van der Waals surface area contributed by atoms with Crippen molar-refractivity contribution in [2.24, 2.45) is 5.92 Å². The fourth-order valence-electron chi connectivity index (χ4n) is 2.33. The number of carbonyl (C=O) groups excluding carboxylic acids is 2. The lowest BCUT2D eigenvalue weighted by atomic mass is 10.0. The number of nitrogens with one attached hydrogen (secondary N) is 3. The van der Waals surface area contributed by atoms with Gasteiger partial charge in [-0.1, -0.05) is 74.5 Å². The summed E-state index contributed by atoms with van der Waals surface area (Å²) in [5.74, 6) is -0.398. The van der Waals surface area contributed by atoms with Gasteiger partial charge in [0.25, 0.3) is 5.91 Å². The largest absolute Gasteiger partial charge is 0.445 e. The number of alkyl carbamates (subject to hydrolysis) is 1. The molecule has 0 aliphatic carbocycles. The van der Waals surface area contributed by atoms with Gasteiger partial charge in [-0.05, 0) is 17.0 Å². The first-order valence-corrected chi connectivity index (χ1v) is 8.60. The predicted molar refractivity (Wildman–Crippen MR) is 99.8 cm³/mol.